The molecule has 4 nitrogen and oxygen atoms in total. The van der Waals surface area contributed by atoms with Gasteiger partial charge in [0.25, 0.3) is 0 Å². The molecule has 3 N–H and O–H groups in total. The lowest BCUT2D eigenvalue weighted by molar-refractivity contribution is 0.180. The van der Waals surface area contributed by atoms with Crippen LogP contribution in [0.15, 0.2) is 6.07 Å². The monoisotopic (exact) mass is 210 g/mol. The minimum Gasteiger partial charge on any atom is -0.481 e. The van der Waals surface area contributed by atoms with Crippen molar-refractivity contribution in [2.75, 3.05) is 13.7 Å². The van der Waals surface area contributed by atoms with Crippen molar-refractivity contribution in [1.29, 1.82) is 0 Å². The summed E-state index contributed by atoms with van der Waals surface area (Å²) >= 11 is 0. The summed E-state index contributed by atoms with van der Waals surface area (Å²) in [6.07, 6.45) is 0.172. The molecular weight excluding hydrogens is 192 g/mol. The van der Waals surface area contributed by atoms with Gasteiger partial charge in [-0.1, -0.05) is 6.92 Å². The Kier molecular flexibility index (Phi) is 4.05. The first kappa shape index (κ1) is 11.9. The van der Waals surface area contributed by atoms with Crippen LogP contribution in [-0.4, -0.2) is 23.7 Å². The Hall–Kier alpha value is -1.13. The molecule has 1 rings (SSSR count). The smallest absolute Gasteiger partial charge is 0.219 e. The van der Waals surface area contributed by atoms with Gasteiger partial charge < -0.3 is 15.6 Å². The van der Waals surface area contributed by atoms with Gasteiger partial charge in [0.05, 0.1) is 13.2 Å². The van der Waals surface area contributed by atoms with E-state index >= 15 is 0 Å². The fourth-order valence-electron chi connectivity index (χ4n) is 1.53. The molecule has 0 aliphatic heterocycles. The Morgan fingerprint density at radius 3 is 2.73 bits per heavy atom. The molecule has 0 amide bonds. The van der Waals surface area contributed by atoms with E-state index in [0.29, 0.717) is 11.4 Å². The number of pyridine rings is 1. The van der Waals surface area contributed by atoms with Crippen molar-refractivity contribution >= 4 is 0 Å². The fraction of sp³-hybridized carbons (Fsp3) is 0.545. The second-order valence-corrected chi connectivity index (χ2v) is 3.44. The molecular formula is C11H18N2O2. The number of hydrogen-bond acceptors (Lipinski definition) is 4. The Morgan fingerprint density at radius 2 is 2.27 bits per heavy atom. The second-order valence-electron chi connectivity index (χ2n) is 3.44. The van der Waals surface area contributed by atoms with Gasteiger partial charge in [-0.25, -0.2) is 4.98 Å². The predicted octanol–water partition coefficient (Wildman–Crippen LogP) is 0.953. The summed E-state index contributed by atoms with van der Waals surface area (Å²) in [6, 6.07) is 1.92. The van der Waals surface area contributed by atoms with Crippen LogP contribution in [0.1, 0.15) is 29.8 Å². The summed E-state index contributed by atoms with van der Waals surface area (Å²) < 4.78 is 5.12. The van der Waals surface area contributed by atoms with Gasteiger partial charge in [0.1, 0.15) is 0 Å². The van der Waals surface area contributed by atoms with Crippen LogP contribution in [0, 0.1) is 6.92 Å². The van der Waals surface area contributed by atoms with E-state index in [9.17, 15) is 5.11 Å². The number of hydrogen-bond donors (Lipinski definition) is 2. The number of rotatable bonds is 4. The first-order valence-corrected chi connectivity index (χ1v) is 5.06. The number of nitrogens with two attached hydrogens (primary N) is 1. The number of ether oxygens (including phenoxy) is 1. The molecule has 15 heavy (non-hydrogen) atoms. The zero-order valence-electron chi connectivity index (χ0n) is 9.45. The molecule has 0 spiro atoms. The predicted molar refractivity (Wildman–Crippen MR) is 58.9 cm³/mol. The lowest BCUT2D eigenvalue weighted by Crippen LogP contribution is -2.14. The van der Waals surface area contributed by atoms with E-state index < -0.39 is 6.10 Å². The number of methoxy groups -OCH3 is 1. The molecule has 84 valence electrons. The lowest BCUT2D eigenvalue weighted by Gasteiger charge is -2.15. The maximum atomic E-state index is 9.71. The third kappa shape index (κ3) is 2.46. The van der Waals surface area contributed by atoms with Crippen molar-refractivity contribution in [3.63, 3.8) is 0 Å². The van der Waals surface area contributed by atoms with Crippen LogP contribution in [0.3, 0.4) is 0 Å². The van der Waals surface area contributed by atoms with Crippen LogP contribution < -0.4 is 10.5 Å². The molecule has 0 saturated heterocycles. The topological polar surface area (TPSA) is 68.4 Å². The molecule has 0 saturated carbocycles. The van der Waals surface area contributed by atoms with Gasteiger partial charge in [-0.2, -0.15) is 0 Å². The van der Waals surface area contributed by atoms with E-state index in [0.717, 1.165) is 17.7 Å². The summed E-state index contributed by atoms with van der Waals surface area (Å²) in [5, 5.41) is 9.71. The minimum absolute atomic E-state index is 0.171. The van der Waals surface area contributed by atoms with Crippen molar-refractivity contribution in [3.8, 4) is 5.88 Å². The summed E-state index contributed by atoms with van der Waals surface area (Å²) in [4.78, 5) is 4.29. The number of aliphatic hydroxyl groups excluding tert-OH is 1. The molecule has 0 fully saturated rings. The quantitative estimate of drug-likeness (QED) is 0.776. The number of aryl methyl sites for hydroxylation is 2. The first-order chi connectivity index (χ1) is 7.13. The normalized spacial score (nSPS) is 12.6. The molecule has 0 aliphatic carbocycles. The first-order valence-electron chi connectivity index (χ1n) is 5.06. The van der Waals surface area contributed by atoms with Crippen LogP contribution in [0.4, 0.5) is 0 Å². The van der Waals surface area contributed by atoms with E-state index in [1.807, 2.05) is 13.0 Å². The summed E-state index contributed by atoms with van der Waals surface area (Å²) in [7, 11) is 1.54. The maximum Gasteiger partial charge on any atom is 0.219 e. The largest absolute Gasteiger partial charge is 0.481 e. The third-order valence-corrected chi connectivity index (χ3v) is 2.47. The molecule has 1 aromatic rings. The van der Waals surface area contributed by atoms with Crippen LogP contribution in [0.2, 0.25) is 0 Å². The Balaban J connectivity index is 3.22. The van der Waals surface area contributed by atoms with Gasteiger partial charge in [-0.15, -0.1) is 0 Å². The van der Waals surface area contributed by atoms with Crippen molar-refractivity contribution < 1.29 is 9.84 Å². The minimum atomic E-state index is -0.710. The van der Waals surface area contributed by atoms with Crippen LogP contribution in [-0.2, 0) is 6.42 Å². The molecule has 4 heteroatoms. The summed E-state index contributed by atoms with van der Waals surface area (Å²) in [5.74, 6) is 0.461. The highest BCUT2D eigenvalue weighted by Crippen LogP contribution is 2.25. The summed E-state index contributed by atoms with van der Waals surface area (Å²) in [5.41, 5.74) is 8.14. The van der Waals surface area contributed by atoms with Gasteiger partial charge >= 0.3 is 0 Å². The molecule has 1 aromatic heterocycles. The van der Waals surface area contributed by atoms with Crippen LogP contribution >= 0.6 is 0 Å². The Morgan fingerprint density at radius 1 is 1.60 bits per heavy atom. The van der Waals surface area contributed by atoms with Gasteiger partial charge in [0.15, 0.2) is 0 Å². The summed E-state index contributed by atoms with van der Waals surface area (Å²) in [6.45, 7) is 4.15. The highest BCUT2D eigenvalue weighted by Gasteiger charge is 2.15. The van der Waals surface area contributed by atoms with Crippen molar-refractivity contribution in [1.82, 2.24) is 4.98 Å². The van der Waals surface area contributed by atoms with Gasteiger partial charge in [-0.3, -0.25) is 0 Å². The standard InChI is InChI=1S/C11H18N2O2/c1-4-8-5-9(10(14)6-12)11(15-3)13-7(8)2/h5,10,14H,4,6,12H2,1-3H3. The van der Waals surface area contributed by atoms with Crippen molar-refractivity contribution in [2.24, 2.45) is 5.73 Å². The van der Waals surface area contributed by atoms with E-state index in [4.69, 9.17) is 10.5 Å². The zero-order valence-corrected chi connectivity index (χ0v) is 9.45. The maximum absolute atomic E-state index is 9.71. The molecule has 0 bridgehead atoms. The average Bonchev–Trinajstić information content (AvgIpc) is 2.27. The van der Waals surface area contributed by atoms with E-state index in [2.05, 4.69) is 11.9 Å². The van der Waals surface area contributed by atoms with E-state index in [1.165, 1.54) is 0 Å². The van der Waals surface area contributed by atoms with Crippen molar-refractivity contribution in [3.05, 3.63) is 22.9 Å². The molecule has 0 aromatic carbocycles. The fourth-order valence-corrected chi connectivity index (χ4v) is 1.53. The molecule has 1 heterocycles. The van der Waals surface area contributed by atoms with Crippen molar-refractivity contribution in [2.45, 2.75) is 26.4 Å². The highest BCUT2D eigenvalue weighted by atomic mass is 16.5. The second kappa shape index (κ2) is 5.09. The number of aliphatic hydroxyl groups is 1. The SMILES string of the molecule is CCc1cc(C(O)CN)c(OC)nc1C. The van der Waals surface area contributed by atoms with E-state index in [1.54, 1.807) is 7.11 Å². The van der Waals surface area contributed by atoms with Gasteiger partial charge in [0, 0.05) is 17.8 Å². The molecule has 0 aliphatic rings. The van der Waals surface area contributed by atoms with Gasteiger partial charge in [-0.05, 0) is 25.0 Å². The zero-order chi connectivity index (χ0) is 11.4. The lowest BCUT2D eigenvalue weighted by atomic mass is 10.0. The number of aromatic nitrogens is 1. The number of nitrogens with zero attached hydrogens (tertiary/aromatic N) is 1. The third-order valence-electron chi connectivity index (χ3n) is 2.47. The Bertz CT molecular complexity index is 340. The average molecular weight is 210 g/mol. The van der Waals surface area contributed by atoms with Gasteiger partial charge in [0.2, 0.25) is 5.88 Å². The van der Waals surface area contributed by atoms with Crippen LogP contribution in [0.5, 0.6) is 5.88 Å². The van der Waals surface area contributed by atoms with E-state index in [-0.39, 0.29) is 6.54 Å². The molecule has 0 radical (unpaired) electrons. The highest BCUT2D eigenvalue weighted by molar-refractivity contribution is 5.35. The molecule has 1 atom stereocenters. The Labute approximate surface area is 90.1 Å². The van der Waals surface area contributed by atoms with Crippen LogP contribution in [0.25, 0.3) is 0 Å². The molecule has 1 unspecified atom stereocenters.